The van der Waals surface area contributed by atoms with Gasteiger partial charge in [0.05, 0.1) is 16.1 Å². The van der Waals surface area contributed by atoms with Gasteiger partial charge in [0, 0.05) is 31.7 Å². The molecular formula is C23H27N3O2S. The number of likely N-dealkylation sites (tertiary alicyclic amines) is 1. The first-order chi connectivity index (χ1) is 14.0. The first kappa shape index (κ1) is 19.9. The van der Waals surface area contributed by atoms with Crippen LogP contribution in [-0.4, -0.2) is 33.1 Å². The molecule has 1 atom stereocenters. The number of carbonyl (C=O) groups excluding carboxylic acids is 1. The predicted molar refractivity (Wildman–Crippen MR) is 117 cm³/mol. The van der Waals surface area contributed by atoms with Crippen molar-refractivity contribution in [3.05, 3.63) is 73.8 Å². The van der Waals surface area contributed by atoms with Gasteiger partial charge in [-0.1, -0.05) is 18.2 Å². The van der Waals surface area contributed by atoms with E-state index in [9.17, 15) is 9.59 Å². The Morgan fingerprint density at radius 2 is 1.93 bits per heavy atom. The molecule has 6 heteroatoms. The number of hydrogen-bond donors (Lipinski definition) is 0. The van der Waals surface area contributed by atoms with Crippen LogP contribution in [0.2, 0.25) is 0 Å². The van der Waals surface area contributed by atoms with E-state index in [0.29, 0.717) is 6.54 Å². The highest BCUT2D eigenvalue weighted by Gasteiger charge is 2.29. The van der Waals surface area contributed by atoms with Crippen molar-refractivity contribution in [1.29, 1.82) is 0 Å². The quantitative estimate of drug-likeness (QED) is 0.600. The summed E-state index contributed by atoms with van der Waals surface area (Å²) in [6, 6.07) is 11.7. The Hall–Kier alpha value is -2.44. The highest BCUT2D eigenvalue weighted by molar-refractivity contribution is 7.12. The lowest BCUT2D eigenvalue weighted by Crippen LogP contribution is -2.39. The van der Waals surface area contributed by atoms with Gasteiger partial charge in [0.15, 0.2) is 5.78 Å². The molecule has 0 unspecified atom stereocenters. The highest BCUT2D eigenvalue weighted by Crippen LogP contribution is 2.26. The number of rotatable bonds is 5. The Labute approximate surface area is 175 Å². The van der Waals surface area contributed by atoms with Gasteiger partial charge in [-0.25, -0.2) is 4.68 Å². The topological polar surface area (TPSA) is 47.2 Å². The van der Waals surface area contributed by atoms with Crippen molar-refractivity contribution < 1.29 is 4.79 Å². The molecule has 1 aliphatic heterocycles. The average Bonchev–Trinajstić information content (AvgIpc) is 3.25. The summed E-state index contributed by atoms with van der Waals surface area (Å²) in [7, 11) is 1.93. The van der Waals surface area contributed by atoms with E-state index in [4.69, 9.17) is 0 Å². The molecule has 5 nitrogen and oxygen atoms in total. The summed E-state index contributed by atoms with van der Waals surface area (Å²) in [4.78, 5) is 29.3. The molecule has 1 aromatic carbocycles. The van der Waals surface area contributed by atoms with Gasteiger partial charge in [0.25, 0.3) is 5.56 Å². The Balaban J connectivity index is 1.56. The number of aryl methyl sites for hydroxylation is 1. The maximum atomic E-state index is 13.2. The lowest BCUT2D eigenvalue weighted by molar-refractivity contribution is 0.0815. The second-order valence-electron chi connectivity index (χ2n) is 7.91. The van der Waals surface area contributed by atoms with Gasteiger partial charge in [-0.3, -0.25) is 19.2 Å². The van der Waals surface area contributed by atoms with Crippen LogP contribution in [0.5, 0.6) is 0 Å². The largest absolute Gasteiger partial charge is 0.298 e. The second kappa shape index (κ2) is 8.13. The fourth-order valence-electron chi connectivity index (χ4n) is 4.25. The van der Waals surface area contributed by atoms with Crippen molar-refractivity contribution in [3.8, 4) is 5.69 Å². The first-order valence-corrected chi connectivity index (χ1v) is 11.0. The van der Waals surface area contributed by atoms with Crippen LogP contribution in [0, 0.1) is 19.8 Å². The molecule has 152 valence electrons. The van der Waals surface area contributed by atoms with E-state index in [1.165, 1.54) is 11.3 Å². The van der Waals surface area contributed by atoms with Crippen molar-refractivity contribution in [2.24, 2.45) is 13.0 Å². The number of piperidine rings is 1. The SMILES string of the molecule is Cc1ccsc1C(=O)[C@@H]1CCCN(Cc2c(C)n(C)n(-c3ccccc3)c2=O)C1. The Morgan fingerprint density at radius 3 is 2.62 bits per heavy atom. The Kier molecular flexibility index (Phi) is 5.56. The summed E-state index contributed by atoms with van der Waals surface area (Å²) in [6.45, 7) is 6.23. The number of nitrogens with zero attached hydrogens (tertiary/aromatic N) is 3. The number of hydrogen-bond acceptors (Lipinski definition) is 4. The number of para-hydroxylation sites is 1. The molecule has 3 aromatic rings. The molecule has 29 heavy (non-hydrogen) atoms. The van der Waals surface area contributed by atoms with Crippen molar-refractivity contribution in [2.45, 2.75) is 33.2 Å². The van der Waals surface area contributed by atoms with E-state index in [1.54, 1.807) is 4.68 Å². The van der Waals surface area contributed by atoms with E-state index in [0.717, 1.165) is 53.3 Å². The smallest absolute Gasteiger partial charge is 0.276 e. The Morgan fingerprint density at radius 1 is 1.17 bits per heavy atom. The lowest BCUT2D eigenvalue weighted by atomic mass is 9.92. The first-order valence-electron chi connectivity index (χ1n) is 10.1. The van der Waals surface area contributed by atoms with Crippen LogP contribution in [0.3, 0.4) is 0 Å². The molecule has 3 heterocycles. The van der Waals surface area contributed by atoms with Crippen molar-refractivity contribution in [2.75, 3.05) is 13.1 Å². The standard InChI is InChI=1S/C23H27N3O2S/c1-16-11-13-29-22(16)21(27)18-8-7-12-25(14-18)15-20-17(2)24(3)26(23(20)28)19-9-5-4-6-10-19/h4-6,9-11,13,18H,7-8,12,14-15H2,1-3H3/t18-/m1/s1. The van der Waals surface area contributed by atoms with Gasteiger partial charge >= 0.3 is 0 Å². The van der Waals surface area contributed by atoms with Crippen LogP contribution in [0.1, 0.15) is 39.3 Å². The molecule has 0 bridgehead atoms. The minimum atomic E-state index is 0.0152. The molecule has 0 amide bonds. The summed E-state index contributed by atoms with van der Waals surface area (Å²) in [5.74, 6) is 0.273. The summed E-state index contributed by atoms with van der Waals surface area (Å²) in [5, 5.41) is 1.99. The van der Waals surface area contributed by atoms with E-state index >= 15 is 0 Å². The summed E-state index contributed by atoms with van der Waals surface area (Å²) in [5.41, 5.74) is 3.76. The van der Waals surface area contributed by atoms with Crippen LogP contribution >= 0.6 is 11.3 Å². The Bertz CT molecular complexity index is 1080. The van der Waals surface area contributed by atoms with Crippen molar-refractivity contribution in [1.82, 2.24) is 14.3 Å². The molecule has 0 aliphatic carbocycles. The fourth-order valence-corrected chi connectivity index (χ4v) is 5.20. The number of ketones is 1. The summed E-state index contributed by atoms with van der Waals surface area (Å²) < 4.78 is 3.65. The van der Waals surface area contributed by atoms with Gasteiger partial charge in [0.1, 0.15) is 0 Å². The molecule has 2 aromatic heterocycles. The van der Waals surface area contributed by atoms with Gasteiger partial charge in [-0.15, -0.1) is 11.3 Å². The van der Waals surface area contributed by atoms with Gasteiger partial charge in [-0.05, 0) is 62.4 Å². The van der Waals surface area contributed by atoms with E-state index in [1.807, 2.05) is 67.4 Å². The zero-order chi connectivity index (χ0) is 20.5. The van der Waals surface area contributed by atoms with Crippen molar-refractivity contribution in [3.63, 3.8) is 0 Å². The van der Waals surface area contributed by atoms with Crippen LogP contribution < -0.4 is 5.56 Å². The molecule has 0 radical (unpaired) electrons. The van der Waals surface area contributed by atoms with Gasteiger partial charge in [-0.2, -0.15) is 0 Å². The number of benzene rings is 1. The fraction of sp³-hybridized carbons (Fsp3) is 0.391. The number of carbonyl (C=O) groups is 1. The minimum Gasteiger partial charge on any atom is -0.298 e. The van der Waals surface area contributed by atoms with Gasteiger partial charge in [0.2, 0.25) is 0 Å². The molecule has 0 saturated carbocycles. The second-order valence-corrected chi connectivity index (χ2v) is 8.83. The molecule has 0 spiro atoms. The summed E-state index contributed by atoms with van der Waals surface area (Å²) >= 11 is 1.54. The predicted octanol–water partition coefficient (Wildman–Crippen LogP) is 3.95. The van der Waals surface area contributed by atoms with E-state index < -0.39 is 0 Å². The monoisotopic (exact) mass is 409 g/mol. The molecule has 4 rings (SSSR count). The van der Waals surface area contributed by atoms with Crippen LogP contribution in [0.15, 0.2) is 46.6 Å². The average molecular weight is 410 g/mol. The normalized spacial score (nSPS) is 17.6. The van der Waals surface area contributed by atoms with Gasteiger partial charge < -0.3 is 0 Å². The third-order valence-corrected chi connectivity index (χ3v) is 7.05. The van der Waals surface area contributed by atoms with Crippen molar-refractivity contribution >= 4 is 17.1 Å². The lowest BCUT2D eigenvalue weighted by Gasteiger charge is -2.31. The number of aromatic nitrogens is 2. The maximum absolute atomic E-state index is 13.2. The zero-order valence-corrected chi connectivity index (χ0v) is 18.0. The molecule has 1 aliphatic rings. The molecule has 0 N–H and O–H groups in total. The molecule has 1 saturated heterocycles. The third kappa shape index (κ3) is 3.74. The van der Waals surface area contributed by atoms with E-state index in [2.05, 4.69) is 4.90 Å². The third-order valence-electron chi connectivity index (χ3n) is 6.02. The number of thiophene rings is 1. The van der Waals surface area contributed by atoms with Crippen LogP contribution in [0.4, 0.5) is 0 Å². The van der Waals surface area contributed by atoms with Crippen LogP contribution in [-0.2, 0) is 13.6 Å². The summed E-state index contributed by atoms with van der Waals surface area (Å²) in [6.07, 6.45) is 1.91. The van der Waals surface area contributed by atoms with Crippen LogP contribution in [0.25, 0.3) is 5.69 Å². The zero-order valence-electron chi connectivity index (χ0n) is 17.2. The highest BCUT2D eigenvalue weighted by atomic mass is 32.1. The number of Topliss-reactive ketones (excluding diaryl/α,β-unsaturated/α-hetero) is 1. The molecular weight excluding hydrogens is 382 g/mol. The maximum Gasteiger partial charge on any atom is 0.276 e. The minimum absolute atomic E-state index is 0.0152. The van der Waals surface area contributed by atoms with E-state index in [-0.39, 0.29) is 17.3 Å². The molecule has 1 fully saturated rings.